The van der Waals surface area contributed by atoms with E-state index in [-0.39, 0.29) is 40.5 Å². The Kier molecular flexibility index (Phi) is 60.9. The van der Waals surface area contributed by atoms with Crippen molar-refractivity contribution in [1.29, 1.82) is 0 Å². The zero-order chi connectivity index (χ0) is 31.1. The number of carbonyl (C=O) groups excluding carboxylic acids is 1. The van der Waals surface area contributed by atoms with Crippen molar-refractivity contribution >= 4 is 5.97 Å². The van der Waals surface area contributed by atoms with Gasteiger partial charge in [-0.3, -0.25) is 0 Å². The van der Waals surface area contributed by atoms with Gasteiger partial charge in [0.05, 0.1) is 5.97 Å². The first kappa shape index (κ1) is 50.4. The van der Waals surface area contributed by atoms with E-state index in [4.69, 9.17) is 0 Å². The summed E-state index contributed by atoms with van der Waals surface area (Å²) < 4.78 is 0. The minimum absolute atomic E-state index is 0. The van der Waals surface area contributed by atoms with Crippen molar-refractivity contribution in [2.75, 3.05) is 13.2 Å². The van der Waals surface area contributed by atoms with Crippen molar-refractivity contribution in [3.05, 3.63) is 12.2 Å². The molecule has 0 spiro atoms. The summed E-state index contributed by atoms with van der Waals surface area (Å²) >= 11 is 0. The number of unbranched alkanes of at least 4 members (excludes halogenated alkanes) is 22. The van der Waals surface area contributed by atoms with E-state index in [1.165, 1.54) is 135 Å². The molecule has 6 heteroatoms. The minimum Gasteiger partial charge on any atom is -0.854 e. The van der Waals surface area contributed by atoms with Crippen LogP contribution in [0, 0.1) is 0 Å². The molecule has 0 aromatic heterocycles. The van der Waals surface area contributed by atoms with Crippen LogP contribution in [-0.2, 0) is 26.5 Å². The van der Waals surface area contributed by atoms with Crippen LogP contribution in [0.4, 0.5) is 0 Å². The van der Waals surface area contributed by atoms with E-state index < -0.39 is 12.1 Å². The van der Waals surface area contributed by atoms with Gasteiger partial charge in [-0.05, 0) is 12.5 Å². The number of hydrogen-bond acceptors (Lipinski definition) is 5. The molecule has 0 bridgehead atoms. The molecule has 0 fully saturated rings. The van der Waals surface area contributed by atoms with Crippen LogP contribution in [0.5, 0.6) is 0 Å². The van der Waals surface area contributed by atoms with Gasteiger partial charge in [0.2, 0.25) is 0 Å². The minimum atomic E-state index is -1.19. The Morgan fingerprint density at radius 2 is 0.683 bits per heavy atom. The third kappa shape index (κ3) is 73.6. The molecule has 0 rings (SSSR count). The zero-order valence-corrected chi connectivity index (χ0v) is 29.8. The largest absolute Gasteiger partial charge is 4.00 e. The molecule has 0 unspecified atom stereocenters. The molecular weight excluding hydrogens is 548 g/mol. The normalized spacial score (nSPS) is 9.88. The Labute approximate surface area is 272 Å². The SMILES string of the molecule is C=C(C)C(=O)[O-].CC(C)[O-].CCCCCCCCCCCCCC[O-].CCCCCCCCCCCCCC[O-].[Ti+4]. The van der Waals surface area contributed by atoms with E-state index in [9.17, 15) is 25.2 Å². The van der Waals surface area contributed by atoms with Gasteiger partial charge in [0.15, 0.2) is 0 Å². The standard InChI is InChI=1S/2C14H29O.C4H6O2.C3H7O.Ti/c2*1-2-3-4-5-6-7-8-9-10-11-12-13-14-15;1-3(2)4(5)6;1-3(2)4;/h2*2-14H2,1H3;1H2,2H3,(H,5,6);3H,1-2H3;/q2*-1;;-1;+4/p-1. The first-order chi connectivity index (χ1) is 19.2. The quantitative estimate of drug-likeness (QED) is 0.0613. The summed E-state index contributed by atoms with van der Waals surface area (Å²) in [6, 6.07) is 0. The molecule has 0 aromatic carbocycles. The van der Waals surface area contributed by atoms with E-state index in [0.29, 0.717) is 0 Å². The predicted molar refractivity (Wildman–Crippen MR) is 167 cm³/mol. The number of rotatable bonds is 25. The average molecular weight is 619 g/mol. The molecule has 41 heavy (non-hydrogen) atoms. The van der Waals surface area contributed by atoms with Gasteiger partial charge in [0, 0.05) is 0 Å². The maximum atomic E-state index is 10.2. The van der Waals surface area contributed by atoms with Crippen molar-refractivity contribution < 1.29 is 46.9 Å². The number of hydrogen-bond donors (Lipinski definition) is 0. The second-order valence-electron chi connectivity index (χ2n) is 11.3. The summed E-state index contributed by atoms with van der Waals surface area (Å²) in [4.78, 5) is 9.49. The van der Waals surface area contributed by atoms with Gasteiger partial charge in [-0.25, -0.2) is 0 Å². The fraction of sp³-hybridized carbons (Fsp3) is 0.914. The molecule has 0 N–H and O–H groups in total. The number of carbonyl (C=O) groups is 1. The molecule has 0 aliphatic heterocycles. The van der Waals surface area contributed by atoms with Crippen molar-refractivity contribution in [2.45, 2.75) is 195 Å². The van der Waals surface area contributed by atoms with Crippen LogP contribution < -0.4 is 20.4 Å². The maximum absolute atomic E-state index is 10.2. The molecule has 0 aromatic rings. The van der Waals surface area contributed by atoms with Gasteiger partial charge in [0.25, 0.3) is 0 Å². The van der Waals surface area contributed by atoms with Crippen molar-refractivity contribution in [3.8, 4) is 0 Å². The van der Waals surface area contributed by atoms with Crippen LogP contribution in [0.1, 0.15) is 189 Å². The predicted octanol–water partition coefficient (Wildman–Crippen LogP) is 7.16. The van der Waals surface area contributed by atoms with Gasteiger partial charge in [-0.15, -0.1) is 19.3 Å². The Hall–Kier alpha value is -0.196. The topological polar surface area (TPSA) is 109 Å². The van der Waals surface area contributed by atoms with Crippen LogP contribution in [0.25, 0.3) is 0 Å². The Morgan fingerprint density at radius 3 is 0.805 bits per heavy atom. The summed E-state index contributed by atoms with van der Waals surface area (Å²) in [6.45, 7) is 12.5. The van der Waals surface area contributed by atoms with E-state index >= 15 is 0 Å². The van der Waals surface area contributed by atoms with Crippen LogP contribution in [0.3, 0.4) is 0 Å². The van der Waals surface area contributed by atoms with Crippen LogP contribution >= 0.6 is 0 Å². The molecule has 0 atom stereocenters. The molecule has 0 aliphatic carbocycles. The number of aliphatic carboxylic acids is 1. The number of carboxylic acids is 1. The first-order valence-electron chi connectivity index (χ1n) is 16.9. The van der Waals surface area contributed by atoms with E-state index in [1.54, 1.807) is 13.8 Å². The van der Waals surface area contributed by atoms with Gasteiger partial charge < -0.3 is 25.2 Å². The van der Waals surface area contributed by atoms with Crippen molar-refractivity contribution in [3.63, 3.8) is 0 Å². The molecule has 0 amide bonds. The summed E-state index contributed by atoms with van der Waals surface area (Å²) in [5.41, 5.74) is 0.0648. The zero-order valence-electron chi connectivity index (χ0n) is 28.2. The molecule has 0 saturated heterocycles. The van der Waals surface area contributed by atoms with Crippen molar-refractivity contribution in [2.24, 2.45) is 0 Å². The summed E-state index contributed by atoms with van der Waals surface area (Å²) in [5.74, 6) is -1.19. The van der Waals surface area contributed by atoms with Gasteiger partial charge in [0.1, 0.15) is 0 Å². The monoisotopic (exact) mass is 618 g/mol. The number of carboxylic acid groups (broad SMARTS) is 1. The Morgan fingerprint density at radius 1 is 0.537 bits per heavy atom. The molecule has 0 saturated carbocycles. The summed E-state index contributed by atoms with van der Waals surface area (Å²) in [6.07, 6.45) is 31.4. The molecule has 244 valence electrons. The van der Waals surface area contributed by atoms with Crippen molar-refractivity contribution in [1.82, 2.24) is 0 Å². The van der Waals surface area contributed by atoms with Gasteiger partial charge in [-0.2, -0.15) is 0 Å². The summed E-state index contributed by atoms with van der Waals surface area (Å²) in [5, 5.41) is 39.4. The van der Waals surface area contributed by atoms with E-state index in [0.717, 1.165) is 25.7 Å². The Bertz CT molecular complexity index is 393. The molecule has 0 radical (unpaired) electrons. The average Bonchev–Trinajstić information content (AvgIpc) is 2.91. The molecule has 0 aliphatic rings. The molecular formula is C35H70O5Ti. The maximum Gasteiger partial charge on any atom is 4.00 e. The summed E-state index contributed by atoms with van der Waals surface area (Å²) in [7, 11) is 0. The second kappa shape index (κ2) is 49.5. The third-order valence-corrected chi connectivity index (χ3v) is 6.34. The van der Waals surface area contributed by atoms with E-state index in [2.05, 4.69) is 20.4 Å². The fourth-order valence-electron chi connectivity index (χ4n) is 3.89. The van der Waals surface area contributed by atoms with Gasteiger partial charge >= 0.3 is 21.7 Å². The van der Waals surface area contributed by atoms with Crippen LogP contribution in [0.2, 0.25) is 0 Å². The smallest absolute Gasteiger partial charge is 0.854 e. The third-order valence-electron chi connectivity index (χ3n) is 6.34. The Balaban J connectivity index is -0.000000156. The van der Waals surface area contributed by atoms with Crippen LogP contribution in [0.15, 0.2) is 12.2 Å². The van der Waals surface area contributed by atoms with Crippen LogP contribution in [-0.4, -0.2) is 25.3 Å². The molecule has 5 nitrogen and oxygen atoms in total. The first-order valence-corrected chi connectivity index (χ1v) is 16.9. The fourth-order valence-corrected chi connectivity index (χ4v) is 3.89. The van der Waals surface area contributed by atoms with Gasteiger partial charge in [-0.1, -0.05) is 188 Å². The second-order valence-corrected chi connectivity index (χ2v) is 11.3. The molecule has 0 heterocycles. The van der Waals surface area contributed by atoms with E-state index in [1.807, 2.05) is 0 Å².